The average molecular weight is 499 g/mol. The normalized spacial score (nSPS) is 11.5. The Hall–Kier alpha value is -4.48. The highest BCUT2D eigenvalue weighted by atomic mass is 32.1. The molecule has 3 heterocycles. The Labute approximate surface area is 217 Å². The lowest BCUT2D eigenvalue weighted by Crippen LogP contribution is -1.97. The molecular weight excluding hydrogens is 476 g/mol. The van der Waals surface area contributed by atoms with E-state index in [1.54, 1.807) is 20.4 Å². The van der Waals surface area contributed by atoms with Crippen LogP contribution in [0.1, 0.15) is 0 Å². The summed E-state index contributed by atoms with van der Waals surface area (Å²) in [5.41, 5.74) is 5.92. The van der Waals surface area contributed by atoms with Gasteiger partial charge in [-0.3, -0.25) is 4.98 Å². The molecule has 0 atom stereocenters. The second-order valence-corrected chi connectivity index (χ2v) is 10.0. The third kappa shape index (κ3) is 3.43. The van der Waals surface area contributed by atoms with Crippen LogP contribution in [-0.4, -0.2) is 24.2 Å². The van der Waals surface area contributed by atoms with Crippen molar-refractivity contribution in [2.45, 2.75) is 0 Å². The fraction of sp³-hybridized carbons (Fsp3) is 0.0625. The molecule has 7 rings (SSSR count). The Kier molecular flexibility index (Phi) is 5.05. The highest BCUT2D eigenvalue weighted by Gasteiger charge is 2.18. The molecule has 7 aromatic rings. The fourth-order valence-corrected chi connectivity index (χ4v) is 6.24. The van der Waals surface area contributed by atoms with Crippen molar-refractivity contribution < 1.29 is 9.47 Å². The Bertz CT molecular complexity index is 1960. The Morgan fingerprint density at radius 1 is 0.568 bits per heavy atom. The number of methoxy groups -OCH3 is 2. The topological polar surface area (TPSA) is 44.2 Å². The standard InChI is InChI=1S/C32H22N2O2S/c1-35-31-23-7-5-17-33-29(23)30-24(32(31)36-2)14-15-26(34-30)20-11-9-19(10-12-20)21-13-16-28-25(18-21)22-6-3-4-8-27(22)37-28/h3-18H,1-2H3. The molecule has 0 saturated heterocycles. The van der Waals surface area contributed by atoms with Crippen LogP contribution in [0.2, 0.25) is 0 Å². The molecule has 0 spiro atoms. The van der Waals surface area contributed by atoms with Crippen molar-refractivity contribution in [2.75, 3.05) is 14.2 Å². The van der Waals surface area contributed by atoms with Crippen LogP contribution in [-0.2, 0) is 0 Å². The van der Waals surface area contributed by atoms with Crippen molar-refractivity contribution in [1.29, 1.82) is 0 Å². The van der Waals surface area contributed by atoms with Gasteiger partial charge in [-0.1, -0.05) is 48.5 Å². The summed E-state index contributed by atoms with van der Waals surface area (Å²) in [4.78, 5) is 9.66. The molecular formula is C32H22N2O2S. The van der Waals surface area contributed by atoms with Gasteiger partial charge < -0.3 is 9.47 Å². The summed E-state index contributed by atoms with van der Waals surface area (Å²) in [7, 11) is 3.31. The van der Waals surface area contributed by atoms with Crippen LogP contribution in [0.4, 0.5) is 0 Å². The molecule has 0 fully saturated rings. The summed E-state index contributed by atoms with van der Waals surface area (Å²) in [6.07, 6.45) is 1.78. The summed E-state index contributed by atoms with van der Waals surface area (Å²) in [6.45, 7) is 0. The number of hydrogen-bond acceptors (Lipinski definition) is 5. The van der Waals surface area contributed by atoms with E-state index in [0.29, 0.717) is 11.5 Å². The van der Waals surface area contributed by atoms with E-state index in [4.69, 9.17) is 14.5 Å². The minimum absolute atomic E-state index is 0.670. The average Bonchev–Trinajstić information content (AvgIpc) is 3.34. The number of rotatable bonds is 4. The van der Waals surface area contributed by atoms with Gasteiger partial charge >= 0.3 is 0 Å². The van der Waals surface area contributed by atoms with E-state index in [2.05, 4.69) is 71.7 Å². The monoisotopic (exact) mass is 498 g/mol. The second-order valence-electron chi connectivity index (χ2n) is 8.95. The van der Waals surface area contributed by atoms with Crippen molar-refractivity contribution in [2.24, 2.45) is 0 Å². The minimum Gasteiger partial charge on any atom is -0.492 e. The molecule has 0 saturated carbocycles. The Balaban J connectivity index is 1.32. The van der Waals surface area contributed by atoms with Gasteiger partial charge in [-0.15, -0.1) is 11.3 Å². The van der Waals surface area contributed by atoms with E-state index in [0.717, 1.165) is 33.1 Å². The number of hydrogen-bond donors (Lipinski definition) is 0. The number of thiophene rings is 1. The Morgan fingerprint density at radius 2 is 1.24 bits per heavy atom. The predicted molar refractivity (Wildman–Crippen MR) is 154 cm³/mol. The zero-order valence-corrected chi connectivity index (χ0v) is 21.2. The molecule has 37 heavy (non-hydrogen) atoms. The highest BCUT2D eigenvalue weighted by molar-refractivity contribution is 7.25. The van der Waals surface area contributed by atoms with Gasteiger partial charge in [-0.2, -0.15) is 0 Å². The van der Waals surface area contributed by atoms with E-state index < -0.39 is 0 Å². The molecule has 0 amide bonds. The quantitative estimate of drug-likeness (QED) is 0.228. The first-order chi connectivity index (χ1) is 18.2. The molecule has 0 aliphatic rings. The van der Waals surface area contributed by atoms with Crippen LogP contribution < -0.4 is 9.47 Å². The summed E-state index contributed by atoms with van der Waals surface area (Å²) < 4.78 is 14.0. The van der Waals surface area contributed by atoms with Crippen LogP contribution in [0.3, 0.4) is 0 Å². The van der Waals surface area contributed by atoms with E-state index in [-0.39, 0.29) is 0 Å². The number of nitrogens with zero attached hydrogens (tertiary/aromatic N) is 2. The van der Waals surface area contributed by atoms with E-state index in [1.165, 1.54) is 31.3 Å². The summed E-state index contributed by atoms with van der Waals surface area (Å²) >= 11 is 1.84. The van der Waals surface area contributed by atoms with Crippen molar-refractivity contribution in [3.05, 3.63) is 97.2 Å². The lowest BCUT2D eigenvalue weighted by molar-refractivity contribution is 0.362. The summed E-state index contributed by atoms with van der Waals surface area (Å²) in [6, 6.07) is 31.9. The van der Waals surface area contributed by atoms with E-state index in [1.807, 2.05) is 35.6 Å². The summed E-state index contributed by atoms with van der Waals surface area (Å²) in [5, 5.41) is 4.38. The van der Waals surface area contributed by atoms with Crippen LogP contribution in [0.5, 0.6) is 11.5 Å². The van der Waals surface area contributed by atoms with Gasteiger partial charge in [0, 0.05) is 42.7 Å². The minimum atomic E-state index is 0.670. The highest BCUT2D eigenvalue weighted by Crippen LogP contribution is 2.42. The van der Waals surface area contributed by atoms with Gasteiger partial charge in [0.1, 0.15) is 11.0 Å². The molecule has 0 aliphatic carbocycles. The molecule has 0 unspecified atom stereocenters. The van der Waals surface area contributed by atoms with Crippen LogP contribution >= 0.6 is 11.3 Å². The fourth-order valence-electron chi connectivity index (χ4n) is 5.15. The van der Waals surface area contributed by atoms with E-state index >= 15 is 0 Å². The van der Waals surface area contributed by atoms with Crippen molar-refractivity contribution in [3.63, 3.8) is 0 Å². The largest absolute Gasteiger partial charge is 0.492 e. The lowest BCUT2D eigenvalue weighted by Gasteiger charge is -2.14. The number of fused-ring (bicyclic) bond motifs is 6. The predicted octanol–water partition coefficient (Wildman–Crippen LogP) is 8.50. The zero-order valence-electron chi connectivity index (χ0n) is 20.4. The van der Waals surface area contributed by atoms with Gasteiger partial charge in [0.25, 0.3) is 0 Å². The van der Waals surface area contributed by atoms with Gasteiger partial charge in [-0.25, -0.2) is 4.98 Å². The molecule has 3 aromatic heterocycles. The zero-order chi connectivity index (χ0) is 24.9. The first-order valence-electron chi connectivity index (χ1n) is 12.1. The maximum absolute atomic E-state index is 5.73. The first-order valence-corrected chi connectivity index (χ1v) is 12.9. The summed E-state index contributed by atoms with van der Waals surface area (Å²) in [5.74, 6) is 1.34. The van der Waals surface area contributed by atoms with Gasteiger partial charge in [0.2, 0.25) is 0 Å². The molecule has 178 valence electrons. The molecule has 4 aromatic carbocycles. The smallest absolute Gasteiger partial charge is 0.170 e. The number of pyridine rings is 2. The van der Waals surface area contributed by atoms with Crippen molar-refractivity contribution in [1.82, 2.24) is 9.97 Å². The molecule has 0 bridgehead atoms. The van der Waals surface area contributed by atoms with Gasteiger partial charge in [0.15, 0.2) is 11.5 Å². The third-order valence-corrected chi connectivity index (χ3v) is 8.07. The Morgan fingerprint density at radius 3 is 2.05 bits per heavy atom. The van der Waals surface area contributed by atoms with Crippen molar-refractivity contribution >= 4 is 53.3 Å². The molecule has 0 radical (unpaired) electrons. The maximum atomic E-state index is 5.73. The molecule has 0 aliphatic heterocycles. The number of aromatic nitrogens is 2. The van der Waals surface area contributed by atoms with Gasteiger partial charge in [0.05, 0.1) is 19.9 Å². The van der Waals surface area contributed by atoms with E-state index in [9.17, 15) is 0 Å². The SMILES string of the molecule is COc1c(OC)c2ccc(-c3ccc(-c4ccc5sc6ccccc6c5c4)cc3)nc2c2ncccc12. The maximum Gasteiger partial charge on any atom is 0.170 e. The van der Waals surface area contributed by atoms with Crippen molar-refractivity contribution in [3.8, 4) is 33.9 Å². The molecule has 0 N–H and O–H groups in total. The number of benzene rings is 4. The second kappa shape index (κ2) is 8.57. The first kappa shape index (κ1) is 21.8. The van der Waals surface area contributed by atoms with Crippen LogP contribution in [0.25, 0.3) is 64.4 Å². The molecule has 5 heteroatoms. The third-order valence-electron chi connectivity index (χ3n) is 6.92. The van der Waals surface area contributed by atoms with Gasteiger partial charge in [-0.05, 0) is 53.6 Å². The molecule has 4 nitrogen and oxygen atoms in total. The van der Waals surface area contributed by atoms with Crippen LogP contribution in [0, 0.1) is 0 Å². The lowest BCUT2D eigenvalue weighted by atomic mass is 10.00. The van der Waals surface area contributed by atoms with Crippen LogP contribution in [0.15, 0.2) is 97.2 Å². The number of ether oxygens (including phenoxy) is 2.